The summed E-state index contributed by atoms with van der Waals surface area (Å²) in [4.78, 5) is 25.1. The Hall–Kier alpha value is -2.52. The molecule has 0 saturated heterocycles. The smallest absolute Gasteiger partial charge is 0.225 e. The van der Waals surface area contributed by atoms with Crippen molar-refractivity contribution >= 4 is 39.1 Å². The Labute approximate surface area is 180 Å². The SMILES string of the molecule is COc1ccccc1CNC(=O)C[C@H](C)S(=O)(=O)c1ccc2c(c1)NC(=O)CCS2. The molecule has 0 unspecified atom stereocenters. The summed E-state index contributed by atoms with van der Waals surface area (Å²) < 4.78 is 31.2. The van der Waals surface area contributed by atoms with E-state index in [1.165, 1.54) is 30.8 Å². The molecule has 0 bridgehead atoms. The topological polar surface area (TPSA) is 102 Å². The van der Waals surface area contributed by atoms with E-state index in [1.54, 1.807) is 19.2 Å². The number of anilines is 1. The van der Waals surface area contributed by atoms with Crippen molar-refractivity contribution in [3.8, 4) is 5.75 Å². The number of para-hydroxylation sites is 1. The Balaban J connectivity index is 1.67. The van der Waals surface area contributed by atoms with Gasteiger partial charge in [0.25, 0.3) is 0 Å². The molecule has 1 aliphatic rings. The molecule has 160 valence electrons. The highest BCUT2D eigenvalue weighted by Crippen LogP contribution is 2.33. The van der Waals surface area contributed by atoms with E-state index < -0.39 is 15.1 Å². The number of fused-ring (bicyclic) bond motifs is 1. The van der Waals surface area contributed by atoms with Crippen molar-refractivity contribution in [3.05, 3.63) is 48.0 Å². The molecule has 0 fully saturated rings. The Morgan fingerprint density at radius 1 is 1.27 bits per heavy atom. The summed E-state index contributed by atoms with van der Waals surface area (Å²) in [6.07, 6.45) is 0.208. The normalized spacial score (nSPS) is 14.8. The summed E-state index contributed by atoms with van der Waals surface area (Å²) in [7, 11) is -2.19. The lowest BCUT2D eigenvalue weighted by molar-refractivity contribution is -0.121. The van der Waals surface area contributed by atoms with E-state index in [4.69, 9.17) is 4.74 Å². The average Bonchev–Trinajstić information content (AvgIpc) is 2.92. The first kappa shape index (κ1) is 22.2. The molecule has 0 aromatic heterocycles. The fourth-order valence-electron chi connectivity index (χ4n) is 3.09. The zero-order valence-corrected chi connectivity index (χ0v) is 18.4. The van der Waals surface area contributed by atoms with Crippen molar-refractivity contribution in [3.63, 3.8) is 0 Å². The number of amides is 2. The second-order valence-electron chi connectivity index (χ2n) is 6.95. The molecule has 3 rings (SSSR count). The lowest BCUT2D eigenvalue weighted by Gasteiger charge is -2.15. The third-order valence-electron chi connectivity index (χ3n) is 4.81. The third-order valence-corrected chi connectivity index (χ3v) is 8.02. The minimum atomic E-state index is -3.74. The van der Waals surface area contributed by atoms with Crippen LogP contribution in [0.2, 0.25) is 0 Å². The molecular weight excluding hydrogens is 424 g/mol. The number of ether oxygens (including phenoxy) is 1. The van der Waals surface area contributed by atoms with Gasteiger partial charge in [-0.3, -0.25) is 9.59 Å². The molecule has 0 spiro atoms. The number of sulfone groups is 1. The Bertz CT molecular complexity index is 1050. The van der Waals surface area contributed by atoms with E-state index in [-0.39, 0.29) is 29.7 Å². The monoisotopic (exact) mass is 448 g/mol. The highest BCUT2D eigenvalue weighted by molar-refractivity contribution is 7.99. The minimum absolute atomic E-state index is 0.0917. The Kier molecular flexibility index (Phi) is 7.04. The first-order chi connectivity index (χ1) is 14.3. The van der Waals surface area contributed by atoms with Crippen molar-refractivity contribution in [1.29, 1.82) is 0 Å². The molecule has 1 heterocycles. The summed E-state index contributed by atoms with van der Waals surface area (Å²) in [6.45, 7) is 1.76. The van der Waals surface area contributed by atoms with Crippen LogP contribution >= 0.6 is 11.8 Å². The number of thioether (sulfide) groups is 1. The van der Waals surface area contributed by atoms with E-state index in [2.05, 4.69) is 10.6 Å². The van der Waals surface area contributed by atoms with Gasteiger partial charge in [-0.15, -0.1) is 11.8 Å². The zero-order valence-electron chi connectivity index (χ0n) is 16.8. The summed E-state index contributed by atoms with van der Waals surface area (Å²) in [5.74, 6) is 0.798. The van der Waals surface area contributed by atoms with Gasteiger partial charge in [-0.25, -0.2) is 8.42 Å². The Morgan fingerprint density at radius 2 is 2.03 bits per heavy atom. The lowest BCUT2D eigenvalue weighted by atomic mass is 10.2. The van der Waals surface area contributed by atoms with Gasteiger partial charge in [-0.2, -0.15) is 0 Å². The standard InChI is InChI=1S/C21H24N2O5S2/c1-14(11-21(25)22-13-15-5-3-4-6-18(15)28-2)30(26,27)16-7-8-19-17(12-16)23-20(24)9-10-29-19/h3-8,12,14H,9-11,13H2,1-2H3,(H,22,25)(H,23,24)/t14-/m0/s1. The Morgan fingerprint density at radius 3 is 2.80 bits per heavy atom. The van der Waals surface area contributed by atoms with Crippen molar-refractivity contribution in [2.45, 2.75) is 41.4 Å². The van der Waals surface area contributed by atoms with Crippen LogP contribution in [0.5, 0.6) is 5.75 Å². The van der Waals surface area contributed by atoms with E-state index >= 15 is 0 Å². The van der Waals surface area contributed by atoms with E-state index in [1.807, 2.05) is 18.2 Å². The zero-order chi connectivity index (χ0) is 21.7. The first-order valence-electron chi connectivity index (χ1n) is 9.50. The molecule has 7 nitrogen and oxygen atoms in total. The average molecular weight is 449 g/mol. The van der Waals surface area contributed by atoms with Gasteiger partial charge in [0, 0.05) is 35.6 Å². The van der Waals surface area contributed by atoms with Crippen LogP contribution in [0.15, 0.2) is 52.3 Å². The maximum atomic E-state index is 13.0. The van der Waals surface area contributed by atoms with Crippen LogP contribution in [0, 0.1) is 0 Å². The minimum Gasteiger partial charge on any atom is -0.496 e. The van der Waals surface area contributed by atoms with E-state index in [0.717, 1.165) is 10.5 Å². The van der Waals surface area contributed by atoms with Crippen molar-refractivity contribution in [2.75, 3.05) is 18.2 Å². The van der Waals surface area contributed by atoms with Gasteiger partial charge >= 0.3 is 0 Å². The molecule has 9 heteroatoms. The van der Waals surface area contributed by atoms with Crippen LogP contribution in [0.4, 0.5) is 5.69 Å². The predicted octanol–water partition coefficient (Wildman–Crippen LogP) is 3.00. The summed E-state index contributed by atoms with van der Waals surface area (Å²) in [6, 6.07) is 12.0. The maximum Gasteiger partial charge on any atom is 0.225 e. The summed E-state index contributed by atoms with van der Waals surface area (Å²) >= 11 is 1.51. The molecule has 2 aromatic carbocycles. The van der Waals surface area contributed by atoms with Crippen LogP contribution in [-0.2, 0) is 26.0 Å². The fourth-order valence-corrected chi connectivity index (χ4v) is 5.41. The molecule has 0 saturated carbocycles. The van der Waals surface area contributed by atoms with Crippen LogP contribution < -0.4 is 15.4 Å². The van der Waals surface area contributed by atoms with Gasteiger partial charge < -0.3 is 15.4 Å². The number of rotatable bonds is 7. The number of benzene rings is 2. The second kappa shape index (κ2) is 9.53. The number of nitrogens with one attached hydrogen (secondary N) is 2. The highest BCUT2D eigenvalue weighted by atomic mass is 32.2. The highest BCUT2D eigenvalue weighted by Gasteiger charge is 2.27. The molecule has 2 N–H and O–H groups in total. The van der Waals surface area contributed by atoms with Crippen molar-refractivity contribution < 1.29 is 22.7 Å². The molecule has 1 aliphatic heterocycles. The maximum absolute atomic E-state index is 13.0. The molecule has 0 aliphatic carbocycles. The number of hydrogen-bond acceptors (Lipinski definition) is 6. The molecule has 30 heavy (non-hydrogen) atoms. The van der Waals surface area contributed by atoms with Gasteiger partial charge in [-0.1, -0.05) is 18.2 Å². The third kappa shape index (κ3) is 5.14. The first-order valence-corrected chi connectivity index (χ1v) is 12.0. The molecule has 2 aromatic rings. The number of carbonyl (C=O) groups excluding carboxylic acids is 2. The fraction of sp³-hybridized carbons (Fsp3) is 0.333. The van der Waals surface area contributed by atoms with E-state index in [9.17, 15) is 18.0 Å². The predicted molar refractivity (Wildman–Crippen MR) is 117 cm³/mol. The number of methoxy groups -OCH3 is 1. The van der Waals surface area contributed by atoms with Gasteiger partial charge in [0.2, 0.25) is 11.8 Å². The summed E-state index contributed by atoms with van der Waals surface area (Å²) in [5.41, 5.74) is 1.30. The van der Waals surface area contributed by atoms with Gasteiger partial charge in [0.1, 0.15) is 5.75 Å². The van der Waals surface area contributed by atoms with Gasteiger partial charge in [0.05, 0.1) is 22.9 Å². The van der Waals surface area contributed by atoms with Crippen LogP contribution in [-0.4, -0.2) is 38.3 Å². The lowest BCUT2D eigenvalue weighted by Crippen LogP contribution is -2.30. The van der Waals surface area contributed by atoms with Crippen LogP contribution in [0.25, 0.3) is 0 Å². The number of carbonyl (C=O) groups is 2. The summed E-state index contributed by atoms with van der Waals surface area (Å²) in [5, 5.41) is 4.58. The number of hydrogen-bond donors (Lipinski definition) is 2. The van der Waals surface area contributed by atoms with E-state index in [0.29, 0.717) is 23.6 Å². The van der Waals surface area contributed by atoms with Crippen LogP contribution in [0.3, 0.4) is 0 Å². The quantitative estimate of drug-likeness (QED) is 0.675. The molecule has 2 amide bonds. The molecule has 0 radical (unpaired) electrons. The molecule has 1 atom stereocenters. The van der Waals surface area contributed by atoms with Gasteiger partial charge in [0.15, 0.2) is 9.84 Å². The van der Waals surface area contributed by atoms with Crippen molar-refractivity contribution in [2.24, 2.45) is 0 Å². The largest absolute Gasteiger partial charge is 0.496 e. The van der Waals surface area contributed by atoms with Crippen LogP contribution in [0.1, 0.15) is 25.3 Å². The molecular formula is C21H24N2O5S2. The van der Waals surface area contributed by atoms with Crippen molar-refractivity contribution in [1.82, 2.24) is 5.32 Å². The van der Waals surface area contributed by atoms with Gasteiger partial charge in [-0.05, 0) is 31.2 Å². The second-order valence-corrected chi connectivity index (χ2v) is 10.5.